The van der Waals surface area contributed by atoms with E-state index in [2.05, 4.69) is 10.3 Å². The van der Waals surface area contributed by atoms with E-state index < -0.39 is 0 Å². The molecule has 0 spiro atoms. The second-order valence-electron chi connectivity index (χ2n) is 4.33. The van der Waals surface area contributed by atoms with Crippen molar-refractivity contribution in [2.45, 2.75) is 19.9 Å². The van der Waals surface area contributed by atoms with Crippen LogP contribution in [0.25, 0.3) is 0 Å². The molecule has 0 fully saturated rings. The van der Waals surface area contributed by atoms with Gasteiger partial charge < -0.3 is 5.32 Å². The summed E-state index contributed by atoms with van der Waals surface area (Å²) in [5.74, 6) is 0. The highest BCUT2D eigenvalue weighted by atomic mass is 16.6. The van der Waals surface area contributed by atoms with Crippen LogP contribution in [0, 0.1) is 17.0 Å². The maximum atomic E-state index is 10.9. The van der Waals surface area contributed by atoms with Crippen LogP contribution in [-0.4, -0.2) is 9.91 Å². The first-order valence-electron chi connectivity index (χ1n) is 6.01. The maximum absolute atomic E-state index is 10.9. The summed E-state index contributed by atoms with van der Waals surface area (Å²) in [5.41, 5.74) is 2.41. The van der Waals surface area contributed by atoms with Crippen LogP contribution in [0.1, 0.15) is 24.2 Å². The maximum Gasteiger partial charge on any atom is 0.274 e. The molecule has 5 nitrogen and oxygen atoms in total. The molecule has 0 aliphatic heterocycles. The van der Waals surface area contributed by atoms with Crippen molar-refractivity contribution in [2.75, 3.05) is 5.32 Å². The van der Waals surface area contributed by atoms with E-state index in [4.69, 9.17) is 0 Å². The normalized spacial score (nSPS) is 11.9. The van der Waals surface area contributed by atoms with Gasteiger partial charge in [-0.1, -0.05) is 12.1 Å². The SMILES string of the molecule is Cc1c(NC(C)c2ccccn2)cccc1[N+](=O)[O-]. The lowest BCUT2D eigenvalue weighted by Gasteiger charge is -2.16. The fourth-order valence-electron chi connectivity index (χ4n) is 1.92. The molecule has 1 aromatic heterocycles. The van der Waals surface area contributed by atoms with Crippen molar-refractivity contribution in [3.8, 4) is 0 Å². The van der Waals surface area contributed by atoms with Gasteiger partial charge in [0.15, 0.2) is 0 Å². The number of nitro groups is 1. The zero-order valence-corrected chi connectivity index (χ0v) is 10.8. The number of pyridine rings is 1. The molecule has 2 rings (SSSR count). The van der Waals surface area contributed by atoms with Crippen LogP contribution >= 0.6 is 0 Å². The molecule has 1 aromatic carbocycles. The molecule has 0 radical (unpaired) electrons. The van der Waals surface area contributed by atoms with Crippen LogP contribution in [0.2, 0.25) is 0 Å². The number of nitro benzene ring substituents is 1. The Hall–Kier alpha value is -2.43. The molecule has 98 valence electrons. The van der Waals surface area contributed by atoms with Gasteiger partial charge in [-0.2, -0.15) is 0 Å². The van der Waals surface area contributed by atoms with Crippen LogP contribution in [-0.2, 0) is 0 Å². The molecule has 1 heterocycles. The third-order valence-corrected chi connectivity index (χ3v) is 3.01. The van der Waals surface area contributed by atoms with Gasteiger partial charge in [0.25, 0.3) is 5.69 Å². The first-order valence-corrected chi connectivity index (χ1v) is 6.01. The minimum atomic E-state index is -0.369. The molecule has 0 saturated carbocycles. The average Bonchev–Trinajstić information content (AvgIpc) is 2.41. The van der Waals surface area contributed by atoms with Gasteiger partial charge in [0.1, 0.15) is 0 Å². The Balaban J connectivity index is 2.25. The lowest BCUT2D eigenvalue weighted by molar-refractivity contribution is -0.385. The van der Waals surface area contributed by atoms with Crippen LogP contribution in [0.5, 0.6) is 0 Å². The van der Waals surface area contributed by atoms with Gasteiger partial charge in [-0.15, -0.1) is 0 Å². The fraction of sp³-hybridized carbons (Fsp3) is 0.214. The zero-order valence-electron chi connectivity index (χ0n) is 10.8. The first kappa shape index (κ1) is 13.0. The highest BCUT2D eigenvalue weighted by Gasteiger charge is 2.15. The lowest BCUT2D eigenvalue weighted by atomic mass is 10.1. The number of anilines is 1. The molecular formula is C14H15N3O2. The Morgan fingerprint density at radius 1 is 1.26 bits per heavy atom. The summed E-state index contributed by atoms with van der Waals surface area (Å²) in [7, 11) is 0. The molecule has 1 N–H and O–H groups in total. The van der Waals surface area contributed by atoms with E-state index in [0.29, 0.717) is 5.56 Å². The molecule has 1 unspecified atom stereocenters. The molecule has 0 saturated heterocycles. The van der Waals surface area contributed by atoms with Crippen molar-refractivity contribution in [3.63, 3.8) is 0 Å². The molecule has 0 aliphatic rings. The highest BCUT2D eigenvalue weighted by molar-refractivity contribution is 5.60. The quantitative estimate of drug-likeness (QED) is 0.672. The Morgan fingerprint density at radius 2 is 2.05 bits per heavy atom. The third-order valence-electron chi connectivity index (χ3n) is 3.01. The Labute approximate surface area is 111 Å². The van der Waals surface area contributed by atoms with Gasteiger partial charge in [0, 0.05) is 23.5 Å². The predicted molar refractivity (Wildman–Crippen MR) is 74.1 cm³/mol. The van der Waals surface area contributed by atoms with Gasteiger partial charge in [0.05, 0.1) is 16.7 Å². The monoisotopic (exact) mass is 257 g/mol. The van der Waals surface area contributed by atoms with Crippen LogP contribution in [0.3, 0.4) is 0 Å². The minimum Gasteiger partial charge on any atom is -0.377 e. The van der Waals surface area contributed by atoms with Gasteiger partial charge in [-0.3, -0.25) is 15.1 Å². The first-order chi connectivity index (χ1) is 9.09. The van der Waals surface area contributed by atoms with Crippen molar-refractivity contribution in [3.05, 3.63) is 64.0 Å². The number of benzene rings is 1. The topological polar surface area (TPSA) is 68.1 Å². The summed E-state index contributed by atoms with van der Waals surface area (Å²) in [6, 6.07) is 10.7. The molecule has 19 heavy (non-hydrogen) atoms. The number of rotatable bonds is 4. The van der Waals surface area contributed by atoms with Crippen molar-refractivity contribution in [1.29, 1.82) is 0 Å². The summed E-state index contributed by atoms with van der Waals surface area (Å²) >= 11 is 0. The van der Waals surface area contributed by atoms with Crippen molar-refractivity contribution < 1.29 is 4.92 Å². The van der Waals surface area contributed by atoms with Gasteiger partial charge >= 0.3 is 0 Å². The molecule has 0 amide bonds. The van der Waals surface area contributed by atoms with Crippen molar-refractivity contribution in [1.82, 2.24) is 4.98 Å². The molecule has 0 aliphatic carbocycles. The summed E-state index contributed by atoms with van der Waals surface area (Å²) in [6.07, 6.45) is 1.73. The smallest absolute Gasteiger partial charge is 0.274 e. The second-order valence-corrected chi connectivity index (χ2v) is 4.33. The second kappa shape index (κ2) is 5.48. The van der Waals surface area contributed by atoms with Crippen LogP contribution in [0.4, 0.5) is 11.4 Å². The van der Waals surface area contributed by atoms with E-state index in [1.807, 2.05) is 31.2 Å². The Kier molecular flexibility index (Phi) is 3.75. The standard InChI is InChI=1S/C14H15N3O2/c1-10-12(7-5-8-14(10)17(18)19)16-11(2)13-6-3-4-9-15-13/h3-9,11,16H,1-2H3. The minimum absolute atomic E-state index is 0.0121. The van der Waals surface area contributed by atoms with Gasteiger partial charge in [-0.25, -0.2) is 0 Å². The molecule has 2 aromatic rings. The van der Waals surface area contributed by atoms with E-state index in [1.54, 1.807) is 19.2 Å². The van der Waals surface area contributed by atoms with E-state index in [0.717, 1.165) is 11.4 Å². The van der Waals surface area contributed by atoms with Crippen molar-refractivity contribution in [2.24, 2.45) is 0 Å². The van der Waals surface area contributed by atoms with E-state index in [9.17, 15) is 10.1 Å². The number of aromatic nitrogens is 1. The number of hydrogen-bond acceptors (Lipinski definition) is 4. The molecule has 0 bridgehead atoms. The van der Waals surface area contributed by atoms with Gasteiger partial charge in [-0.05, 0) is 32.0 Å². The fourth-order valence-corrected chi connectivity index (χ4v) is 1.92. The Bertz CT molecular complexity index is 584. The average molecular weight is 257 g/mol. The summed E-state index contributed by atoms with van der Waals surface area (Å²) < 4.78 is 0. The van der Waals surface area contributed by atoms with E-state index in [-0.39, 0.29) is 16.7 Å². The summed E-state index contributed by atoms with van der Waals surface area (Å²) in [6.45, 7) is 3.71. The number of hydrogen-bond donors (Lipinski definition) is 1. The van der Waals surface area contributed by atoms with Gasteiger partial charge in [0.2, 0.25) is 0 Å². The van der Waals surface area contributed by atoms with E-state index in [1.165, 1.54) is 6.07 Å². The molecule has 1 atom stereocenters. The largest absolute Gasteiger partial charge is 0.377 e. The Morgan fingerprint density at radius 3 is 2.68 bits per heavy atom. The van der Waals surface area contributed by atoms with Crippen LogP contribution < -0.4 is 5.32 Å². The number of nitrogens with one attached hydrogen (secondary N) is 1. The molecule has 5 heteroatoms. The summed E-state index contributed by atoms with van der Waals surface area (Å²) in [5, 5.41) is 14.1. The highest BCUT2D eigenvalue weighted by Crippen LogP contribution is 2.27. The van der Waals surface area contributed by atoms with E-state index >= 15 is 0 Å². The zero-order chi connectivity index (χ0) is 13.8. The predicted octanol–water partition coefficient (Wildman–Crippen LogP) is 3.47. The molecular weight excluding hydrogens is 242 g/mol. The number of nitrogens with zero attached hydrogens (tertiary/aromatic N) is 2. The van der Waals surface area contributed by atoms with Crippen LogP contribution in [0.15, 0.2) is 42.6 Å². The van der Waals surface area contributed by atoms with Crippen molar-refractivity contribution >= 4 is 11.4 Å². The lowest BCUT2D eigenvalue weighted by Crippen LogP contribution is -2.09. The summed E-state index contributed by atoms with van der Waals surface area (Å²) in [4.78, 5) is 14.8. The third kappa shape index (κ3) is 2.88.